The highest BCUT2D eigenvalue weighted by Crippen LogP contribution is 2.28. The zero-order valence-corrected chi connectivity index (χ0v) is 10.6. The first kappa shape index (κ1) is 11.7. The summed E-state index contributed by atoms with van der Waals surface area (Å²) in [5.74, 6) is 0.195. The van der Waals surface area contributed by atoms with Crippen molar-refractivity contribution in [2.45, 2.75) is 20.8 Å². The number of aryl methyl sites for hydroxylation is 3. The Morgan fingerprint density at radius 2 is 1.94 bits per heavy atom. The van der Waals surface area contributed by atoms with Crippen molar-refractivity contribution in [2.75, 3.05) is 0 Å². The molecule has 0 saturated carbocycles. The van der Waals surface area contributed by atoms with Gasteiger partial charge in [-0.3, -0.25) is 4.79 Å². The summed E-state index contributed by atoms with van der Waals surface area (Å²) in [4.78, 5) is 24.6. The van der Waals surface area contributed by atoms with Crippen LogP contribution in [0.15, 0.2) is 6.07 Å². The Morgan fingerprint density at radius 1 is 1.24 bits per heavy atom. The van der Waals surface area contributed by atoms with Gasteiger partial charge in [-0.2, -0.15) is 0 Å². The molecule has 0 aromatic carbocycles. The maximum absolute atomic E-state index is 11.1. The van der Waals surface area contributed by atoms with E-state index in [0.717, 1.165) is 22.0 Å². The van der Waals surface area contributed by atoms with Crippen LogP contribution in [0.25, 0.3) is 10.6 Å². The Morgan fingerprint density at radius 3 is 2.47 bits per heavy atom. The highest BCUT2D eigenvalue weighted by Gasteiger charge is 2.14. The van der Waals surface area contributed by atoms with E-state index in [2.05, 4.69) is 15.0 Å². The summed E-state index contributed by atoms with van der Waals surface area (Å²) < 4.78 is 0. The van der Waals surface area contributed by atoms with Crippen LogP contribution in [0.3, 0.4) is 0 Å². The Balaban J connectivity index is 2.56. The van der Waals surface area contributed by atoms with Crippen molar-refractivity contribution in [1.29, 1.82) is 0 Å². The Hall–Kier alpha value is -1.82. The van der Waals surface area contributed by atoms with Gasteiger partial charge in [0, 0.05) is 5.69 Å². The zero-order chi connectivity index (χ0) is 12.6. The molecule has 2 heterocycles. The number of hydrogen-bond donors (Lipinski definition) is 1. The lowest BCUT2D eigenvalue weighted by atomic mass is 10.2. The predicted octanol–water partition coefficient (Wildman–Crippen LogP) is 1.62. The molecule has 5 nitrogen and oxygen atoms in total. The van der Waals surface area contributed by atoms with E-state index < -0.39 is 5.91 Å². The minimum Gasteiger partial charge on any atom is -0.364 e. The molecular weight excluding hydrogens is 236 g/mol. The molecule has 0 spiro atoms. The Kier molecular flexibility index (Phi) is 2.89. The van der Waals surface area contributed by atoms with E-state index in [1.165, 1.54) is 11.3 Å². The summed E-state index contributed by atoms with van der Waals surface area (Å²) in [5.41, 5.74) is 7.65. The van der Waals surface area contributed by atoms with Gasteiger partial charge in [-0.05, 0) is 26.8 Å². The quantitative estimate of drug-likeness (QED) is 0.875. The van der Waals surface area contributed by atoms with Crippen LogP contribution in [0.5, 0.6) is 0 Å². The number of rotatable bonds is 2. The van der Waals surface area contributed by atoms with Gasteiger partial charge in [-0.15, -0.1) is 11.3 Å². The van der Waals surface area contributed by atoms with E-state index in [9.17, 15) is 4.79 Å². The van der Waals surface area contributed by atoms with Gasteiger partial charge in [-0.1, -0.05) is 0 Å². The number of nitrogens with two attached hydrogens (primary N) is 1. The van der Waals surface area contributed by atoms with E-state index in [1.54, 1.807) is 0 Å². The van der Waals surface area contributed by atoms with E-state index in [1.807, 2.05) is 26.8 Å². The first-order valence-electron chi connectivity index (χ1n) is 5.07. The standard InChI is InChI=1S/C11H12N4OS/c1-5-4-8(15-7(3)13-5)9-6(2)14-11(17-9)10(12)16/h4H,1-3H3,(H2,12,16). The molecule has 2 aromatic rings. The smallest absolute Gasteiger partial charge is 0.277 e. The molecule has 0 atom stereocenters. The summed E-state index contributed by atoms with van der Waals surface area (Å²) >= 11 is 1.26. The third-order valence-electron chi connectivity index (χ3n) is 2.21. The maximum atomic E-state index is 11.1. The fraction of sp³-hybridized carbons (Fsp3) is 0.273. The molecule has 0 unspecified atom stereocenters. The summed E-state index contributed by atoms with van der Waals surface area (Å²) in [7, 11) is 0. The largest absolute Gasteiger partial charge is 0.364 e. The molecule has 88 valence electrons. The number of amides is 1. The Bertz CT molecular complexity index is 571. The molecular formula is C11H12N4OS. The van der Waals surface area contributed by atoms with Gasteiger partial charge in [0.1, 0.15) is 5.82 Å². The lowest BCUT2D eigenvalue weighted by Gasteiger charge is -2.01. The van der Waals surface area contributed by atoms with Gasteiger partial charge in [0.2, 0.25) is 0 Å². The van der Waals surface area contributed by atoms with Crippen LogP contribution >= 0.6 is 11.3 Å². The number of nitrogens with zero attached hydrogens (tertiary/aromatic N) is 3. The minimum absolute atomic E-state index is 0.311. The van der Waals surface area contributed by atoms with Crippen LogP contribution in [0, 0.1) is 20.8 Å². The number of aromatic nitrogens is 3. The van der Waals surface area contributed by atoms with Crippen LogP contribution in [0.1, 0.15) is 27.0 Å². The molecule has 0 radical (unpaired) electrons. The maximum Gasteiger partial charge on any atom is 0.277 e. The fourth-order valence-electron chi connectivity index (χ4n) is 1.57. The number of primary amides is 1. The lowest BCUT2D eigenvalue weighted by Crippen LogP contribution is -2.10. The predicted molar refractivity (Wildman–Crippen MR) is 65.9 cm³/mol. The highest BCUT2D eigenvalue weighted by molar-refractivity contribution is 7.17. The summed E-state index contributed by atoms with van der Waals surface area (Å²) in [5, 5.41) is 0.311. The van der Waals surface area contributed by atoms with Crippen LogP contribution in [-0.4, -0.2) is 20.9 Å². The zero-order valence-electron chi connectivity index (χ0n) is 9.81. The van der Waals surface area contributed by atoms with Crippen molar-refractivity contribution < 1.29 is 4.79 Å². The fourth-order valence-corrected chi connectivity index (χ4v) is 2.45. The highest BCUT2D eigenvalue weighted by atomic mass is 32.1. The van der Waals surface area contributed by atoms with E-state index in [0.29, 0.717) is 10.8 Å². The van der Waals surface area contributed by atoms with Crippen LogP contribution in [0.2, 0.25) is 0 Å². The monoisotopic (exact) mass is 248 g/mol. The second kappa shape index (κ2) is 4.21. The lowest BCUT2D eigenvalue weighted by molar-refractivity contribution is 0.1000. The molecule has 2 N–H and O–H groups in total. The second-order valence-electron chi connectivity index (χ2n) is 3.74. The van der Waals surface area contributed by atoms with Crippen molar-refractivity contribution in [2.24, 2.45) is 5.73 Å². The summed E-state index contributed by atoms with van der Waals surface area (Å²) in [6.07, 6.45) is 0. The van der Waals surface area contributed by atoms with Crippen molar-refractivity contribution in [3.05, 3.63) is 28.3 Å². The molecule has 0 fully saturated rings. The van der Waals surface area contributed by atoms with Crippen molar-refractivity contribution in [1.82, 2.24) is 15.0 Å². The minimum atomic E-state index is -0.508. The summed E-state index contributed by atoms with van der Waals surface area (Å²) in [6, 6.07) is 1.87. The molecule has 17 heavy (non-hydrogen) atoms. The van der Waals surface area contributed by atoms with Gasteiger partial charge in [0.05, 0.1) is 16.3 Å². The molecule has 0 aliphatic carbocycles. The number of hydrogen-bond acceptors (Lipinski definition) is 5. The molecule has 0 bridgehead atoms. The molecule has 2 rings (SSSR count). The van der Waals surface area contributed by atoms with Crippen LogP contribution < -0.4 is 5.73 Å². The average Bonchev–Trinajstić information content (AvgIpc) is 2.59. The van der Waals surface area contributed by atoms with Crippen molar-refractivity contribution in [3.63, 3.8) is 0 Å². The molecule has 6 heteroatoms. The van der Waals surface area contributed by atoms with E-state index in [4.69, 9.17) is 5.73 Å². The number of carbonyl (C=O) groups is 1. The molecule has 1 amide bonds. The SMILES string of the molecule is Cc1cc(-c2sc(C(N)=O)nc2C)nc(C)n1. The molecule has 0 aliphatic rings. The van der Waals surface area contributed by atoms with E-state index in [-0.39, 0.29) is 0 Å². The van der Waals surface area contributed by atoms with Crippen LogP contribution in [-0.2, 0) is 0 Å². The molecule has 0 saturated heterocycles. The first-order valence-corrected chi connectivity index (χ1v) is 5.89. The van der Waals surface area contributed by atoms with Gasteiger partial charge in [0.25, 0.3) is 5.91 Å². The topological polar surface area (TPSA) is 81.8 Å². The number of carbonyl (C=O) groups excluding carboxylic acids is 1. The first-order chi connectivity index (χ1) is 7.97. The third kappa shape index (κ3) is 2.31. The second-order valence-corrected chi connectivity index (χ2v) is 4.74. The van der Waals surface area contributed by atoms with Crippen molar-refractivity contribution in [3.8, 4) is 10.6 Å². The van der Waals surface area contributed by atoms with Crippen LogP contribution in [0.4, 0.5) is 0 Å². The van der Waals surface area contributed by atoms with Gasteiger partial charge in [-0.25, -0.2) is 15.0 Å². The van der Waals surface area contributed by atoms with Crippen molar-refractivity contribution >= 4 is 17.2 Å². The summed E-state index contributed by atoms with van der Waals surface area (Å²) in [6.45, 7) is 5.58. The van der Waals surface area contributed by atoms with Gasteiger partial charge >= 0.3 is 0 Å². The average molecular weight is 248 g/mol. The number of thiazole rings is 1. The Labute approximate surface area is 103 Å². The normalized spacial score (nSPS) is 10.5. The third-order valence-corrected chi connectivity index (χ3v) is 3.40. The van der Waals surface area contributed by atoms with E-state index >= 15 is 0 Å². The molecule has 0 aliphatic heterocycles. The molecule has 2 aromatic heterocycles. The van der Waals surface area contributed by atoms with Gasteiger partial charge in [0.15, 0.2) is 5.01 Å². The van der Waals surface area contributed by atoms with Gasteiger partial charge < -0.3 is 5.73 Å².